The van der Waals surface area contributed by atoms with Crippen molar-refractivity contribution in [2.24, 2.45) is 0 Å². The van der Waals surface area contributed by atoms with Gasteiger partial charge in [0.25, 0.3) is 0 Å². The second-order valence-electron chi connectivity index (χ2n) is 5.89. The van der Waals surface area contributed by atoms with Crippen LogP contribution in [0.25, 0.3) is 0 Å². The molecule has 1 aromatic carbocycles. The van der Waals surface area contributed by atoms with Crippen LogP contribution in [0.3, 0.4) is 0 Å². The third-order valence-corrected chi connectivity index (χ3v) is 5.12. The van der Waals surface area contributed by atoms with E-state index in [0.717, 1.165) is 11.4 Å². The minimum Gasteiger partial charge on any atom is -0.391 e. The Bertz CT molecular complexity index is 695. The lowest BCUT2D eigenvalue weighted by Gasteiger charge is -2.27. The lowest BCUT2D eigenvalue weighted by atomic mass is 10.0. The van der Waals surface area contributed by atoms with Gasteiger partial charge in [-0.05, 0) is 30.5 Å². The Balaban J connectivity index is 1.77. The highest BCUT2D eigenvalue weighted by atomic mass is 32.1. The van der Waals surface area contributed by atoms with Gasteiger partial charge in [0, 0.05) is 18.1 Å². The number of benzene rings is 1. The van der Waals surface area contributed by atoms with Crippen LogP contribution in [-0.4, -0.2) is 33.7 Å². The van der Waals surface area contributed by atoms with E-state index in [-0.39, 0.29) is 30.5 Å². The summed E-state index contributed by atoms with van der Waals surface area (Å²) in [6.45, 7) is 2.22. The zero-order valence-electron chi connectivity index (χ0n) is 13.4. The number of rotatable bonds is 4. The first kappa shape index (κ1) is 16.9. The molecule has 1 aromatic heterocycles. The number of urea groups is 1. The zero-order valence-corrected chi connectivity index (χ0v) is 14.2. The molecule has 0 saturated carbocycles. The van der Waals surface area contributed by atoms with Crippen LogP contribution in [0, 0.1) is 5.82 Å². The molecule has 0 spiro atoms. The van der Waals surface area contributed by atoms with E-state index in [2.05, 4.69) is 10.3 Å². The quantitative estimate of drug-likeness (QED) is 0.890. The first-order chi connectivity index (χ1) is 11.6. The van der Waals surface area contributed by atoms with E-state index >= 15 is 0 Å². The van der Waals surface area contributed by atoms with Crippen molar-refractivity contribution < 1.29 is 14.3 Å². The van der Waals surface area contributed by atoms with Gasteiger partial charge in [0.15, 0.2) is 0 Å². The lowest BCUT2D eigenvalue weighted by Crippen LogP contribution is -2.41. The van der Waals surface area contributed by atoms with Gasteiger partial charge in [0.05, 0.1) is 18.2 Å². The molecule has 0 radical (unpaired) electrons. The lowest BCUT2D eigenvalue weighted by molar-refractivity contribution is 0.167. The van der Waals surface area contributed by atoms with E-state index < -0.39 is 6.10 Å². The van der Waals surface area contributed by atoms with Crippen molar-refractivity contribution in [2.75, 3.05) is 6.54 Å². The van der Waals surface area contributed by atoms with Gasteiger partial charge in [-0.25, -0.2) is 14.2 Å². The molecule has 0 unspecified atom stereocenters. The average molecular weight is 349 g/mol. The predicted octanol–water partition coefficient (Wildman–Crippen LogP) is 3.25. The van der Waals surface area contributed by atoms with E-state index in [9.17, 15) is 14.3 Å². The number of β-amino-alcohol motifs (C(OH)–C–C–N with tert-alkyl or cyclic N) is 1. The number of likely N-dealkylation sites (tertiary alicyclic amines) is 1. The first-order valence-corrected chi connectivity index (χ1v) is 8.86. The number of halogens is 1. The van der Waals surface area contributed by atoms with E-state index in [4.69, 9.17) is 0 Å². The maximum Gasteiger partial charge on any atom is 0.318 e. The normalized spacial score (nSPS) is 21.7. The molecule has 2 N–H and O–H groups in total. The molecule has 1 aliphatic heterocycles. The van der Waals surface area contributed by atoms with E-state index in [1.54, 1.807) is 23.2 Å². The van der Waals surface area contributed by atoms with Crippen LogP contribution in [0.5, 0.6) is 0 Å². The van der Waals surface area contributed by atoms with Gasteiger partial charge in [0.1, 0.15) is 10.8 Å². The van der Waals surface area contributed by atoms with Crippen LogP contribution in [0.15, 0.2) is 35.8 Å². The highest BCUT2D eigenvalue weighted by molar-refractivity contribution is 7.09. The summed E-state index contributed by atoms with van der Waals surface area (Å²) in [6.07, 6.45) is 2.23. The second-order valence-corrected chi connectivity index (χ2v) is 6.82. The van der Waals surface area contributed by atoms with Gasteiger partial charge in [-0.2, -0.15) is 0 Å². The predicted molar refractivity (Wildman–Crippen MR) is 90.1 cm³/mol. The van der Waals surface area contributed by atoms with Crippen LogP contribution in [-0.2, 0) is 0 Å². The fourth-order valence-corrected chi connectivity index (χ4v) is 3.82. The summed E-state index contributed by atoms with van der Waals surface area (Å²) in [7, 11) is 0. The molecular weight excluding hydrogens is 329 g/mol. The standard InChI is InChI=1S/C17H20FN3O2S/c1-2-14(16-19-6-7-24-16)20-17(23)21-10-13(22)9-15(21)11-4-3-5-12(18)8-11/h3-8,13-15,22H,2,9-10H2,1H3,(H,20,23)/t13-,14+,15+/m1/s1. The maximum atomic E-state index is 13.5. The number of thiazole rings is 1. The SMILES string of the molecule is CC[C@H](NC(=O)N1C[C@H](O)C[C@H]1c1cccc(F)c1)c1nccs1. The van der Waals surface area contributed by atoms with Crippen molar-refractivity contribution in [3.8, 4) is 0 Å². The largest absolute Gasteiger partial charge is 0.391 e. The molecule has 1 saturated heterocycles. The molecule has 1 fully saturated rings. The van der Waals surface area contributed by atoms with Crippen LogP contribution in [0.1, 0.15) is 42.4 Å². The maximum absolute atomic E-state index is 13.5. The molecule has 7 heteroatoms. The summed E-state index contributed by atoms with van der Waals surface area (Å²) in [4.78, 5) is 18.5. The Kier molecular flexibility index (Phi) is 5.11. The average Bonchev–Trinajstić information content (AvgIpc) is 3.22. The van der Waals surface area contributed by atoms with Gasteiger partial charge in [-0.15, -0.1) is 11.3 Å². The van der Waals surface area contributed by atoms with Crippen molar-refractivity contribution in [1.82, 2.24) is 15.2 Å². The van der Waals surface area contributed by atoms with Crippen molar-refractivity contribution in [1.29, 1.82) is 0 Å². The van der Waals surface area contributed by atoms with Crippen LogP contribution in [0.4, 0.5) is 9.18 Å². The summed E-state index contributed by atoms with van der Waals surface area (Å²) in [5, 5.41) is 15.7. The molecule has 24 heavy (non-hydrogen) atoms. The van der Waals surface area contributed by atoms with Crippen molar-refractivity contribution >= 4 is 17.4 Å². The number of hydrogen-bond acceptors (Lipinski definition) is 4. The summed E-state index contributed by atoms with van der Waals surface area (Å²) < 4.78 is 13.5. The Hall–Kier alpha value is -1.99. The summed E-state index contributed by atoms with van der Waals surface area (Å²) in [5.41, 5.74) is 0.698. The number of amides is 2. The van der Waals surface area contributed by atoms with Crippen LogP contribution < -0.4 is 5.32 Å². The molecule has 0 bridgehead atoms. The zero-order chi connectivity index (χ0) is 17.1. The van der Waals surface area contributed by atoms with Crippen molar-refractivity contribution in [3.63, 3.8) is 0 Å². The summed E-state index contributed by atoms with van der Waals surface area (Å²) >= 11 is 1.50. The first-order valence-electron chi connectivity index (χ1n) is 7.98. The molecule has 5 nitrogen and oxygen atoms in total. The number of carbonyl (C=O) groups is 1. The van der Waals surface area contributed by atoms with Gasteiger partial charge in [-0.3, -0.25) is 0 Å². The monoisotopic (exact) mass is 349 g/mol. The number of nitrogens with zero attached hydrogens (tertiary/aromatic N) is 2. The molecule has 3 atom stereocenters. The minimum absolute atomic E-state index is 0.164. The number of aliphatic hydroxyl groups is 1. The number of aromatic nitrogens is 1. The Morgan fingerprint density at radius 2 is 2.42 bits per heavy atom. The fraction of sp³-hybridized carbons (Fsp3) is 0.412. The number of hydrogen-bond donors (Lipinski definition) is 2. The van der Waals surface area contributed by atoms with Crippen LogP contribution >= 0.6 is 11.3 Å². The molecule has 1 aliphatic rings. The Labute approximate surface area is 144 Å². The summed E-state index contributed by atoms with van der Waals surface area (Å²) in [5.74, 6) is -0.344. The van der Waals surface area contributed by atoms with E-state index in [0.29, 0.717) is 12.0 Å². The number of aliphatic hydroxyl groups excluding tert-OH is 1. The smallest absolute Gasteiger partial charge is 0.318 e. The molecule has 3 rings (SSSR count). The topological polar surface area (TPSA) is 65.5 Å². The van der Waals surface area contributed by atoms with Gasteiger partial charge in [0.2, 0.25) is 0 Å². The second kappa shape index (κ2) is 7.27. The van der Waals surface area contributed by atoms with Gasteiger partial charge in [-0.1, -0.05) is 19.1 Å². The van der Waals surface area contributed by atoms with E-state index in [1.807, 2.05) is 12.3 Å². The van der Waals surface area contributed by atoms with Crippen molar-refractivity contribution in [2.45, 2.75) is 38.0 Å². The molecule has 2 aromatic rings. The highest BCUT2D eigenvalue weighted by Crippen LogP contribution is 2.33. The number of nitrogens with one attached hydrogen (secondary N) is 1. The molecule has 2 heterocycles. The van der Waals surface area contributed by atoms with E-state index in [1.165, 1.54) is 23.5 Å². The molecule has 128 valence electrons. The Morgan fingerprint density at radius 1 is 1.58 bits per heavy atom. The minimum atomic E-state index is -0.607. The van der Waals surface area contributed by atoms with Crippen molar-refractivity contribution in [3.05, 3.63) is 52.2 Å². The van der Waals surface area contributed by atoms with Gasteiger partial charge >= 0.3 is 6.03 Å². The third-order valence-electron chi connectivity index (χ3n) is 4.23. The molecule has 0 aliphatic carbocycles. The fourth-order valence-electron chi connectivity index (χ4n) is 3.05. The highest BCUT2D eigenvalue weighted by Gasteiger charge is 2.36. The summed E-state index contributed by atoms with van der Waals surface area (Å²) in [6, 6.07) is 5.44. The Morgan fingerprint density at radius 3 is 3.08 bits per heavy atom. The van der Waals surface area contributed by atoms with Crippen LogP contribution in [0.2, 0.25) is 0 Å². The third kappa shape index (κ3) is 3.57. The molecular formula is C17H20FN3O2S. The molecule has 2 amide bonds. The number of carbonyl (C=O) groups excluding carboxylic acids is 1. The van der Waals surface area contributed by atoms with Gasteiger partial charge < -0.3 is 15.3 Å².